The molecule has 9 atom stereocenters. The van der Waals surface area contributed by atoms with Crippen LogP contribution in [0.4, 0.5) is 8.78 Å². The van der Waals surface area contributed by atoms with Crippen molar-refractivity contribution in [1.82, 2.24) is 0 Å². The third kappa shape index (κ3) is 17.9. The van der Waals surface area contributed by atoms with Crippen LogP contribution in [-0.4, -0.2) is 18.0 Å². The molecule has 2 nitrogen and oxygen atoms in total. The molecule has 0 radical (unpaired) electrons. The Balaban J connectivity index is 0.000000154. The molecule has 0 saturated carbocycles. The highest BCUT2D eigenvalue weighted by Crippen LogP contribution is 2.52. The van der Waals surface area contributed by atoms with Crippen LogP contribution in [0.3, 0.4) is 0 Å². The number of halogens is 3. The maximum absolute atomic E-state index is 13.7. The molecule has 490 valence electrons. The second kappa shape index (κ2) is 29.3. The molecule has 0 heterocycles. The van der Waals surface area contributed by atoms with Gasteiger partial charge in [0.15, 0.2) is 0 Å². The van der Waals surface area contributed by atoms with Gasteiger partial charge in [-0.25, -0.2) is 8.78 Å². The molecule has 0 fully saturated rings. The molecule has 0 aliphatic heterocycles. The smallest absolute Gasteiger partial charge is 0.133 e. The quantitative estimate of drug-likeness (QED) is 0.176. The van der Waals surface area contributed by atoms with E-state index < -0.39 is 0 Å². The van der Waals surface area contributed by atoms with Crippen LogP contribution in [0.1, 0.15) is 280 Å². The van der Waals surface area contributed by atoms with Gasteiger partial charge in [0.05, 0.1) is 12.2 Å². The van der Waals surface area contributed by atoms with Crippen LogP contribution >= 0.6 is 15.9 Å². The average molecular weight is 1290 g/mol. The number of ketones is 1. The first-order chi connectivity index (χ1) is 41.8. The van der Waals surface area contributed by atoms with E-state index in [2.05, 4.69) is 258 Å². The number of benzene rings is 6. The molecule has 0 unspecified atom stereocenters. The summed E-state index contributed by atoms with van der Waals surface area (Å²) in [5, 5.41) is 0. The number of ether oxygens (including phenoxy) is 1. The van der Waals surface area contributed by atoms with Gasteiger partial charge >= 0.3 is 0 Å². The molecule has 6 aromatic carbocycles. The van der Waals surface area contributed by atoms with E-state index in [1.165, 1.54) is 75.5 Å². The van der Waals surface area contributed by atoms with Crippen molar-refractivity contribution in [3.05, 3.63) is 210 Å². The summed E-state index contributed by atoms with van der Waals surface area (Å²) in [6.07, 6.45) is 12.1. The minimum atomic E-state index is -0.0988. The van der Waals surface area contributed by atoms with Crippen molar-refractivity contribution in [2.75, 3.05) is 0 Å². The van der Waals surface area contributed by atoms with Crippen LogP contribution in [0.15, 0.2) is 132 Å². The molecule has 0 amide bonds. The third-order valence-electron chi connectivity index (χ3n) is 20.7. The number of hydrogen-bond acceptors (Lipinski definition) is 2. The highest BCUT2D eigenvalue weighted by molar-refractivity contribution is 9.10. The van der Waals surface area contributed by atoms with Gasteiger partial charge in [-0.1, -0.05) is 251 Å². The molecular weight excluding hydrogens is 1170 g/mol. The van der Waals surface area contributed by atoms with Crippen LogP contribution < -0.4 is 0 Å². The zero-order valence-corrected chi connectivity index (χ0v) is 61.5. The zero-order valence-electron chi connectivity index (χ0n) is 59.9. The number of carbonyl (C=O) groups is 1. The van der Waals surface area contributed by atoms with E-state index in [1.54, 1.807) is 47.4 Å². The van der Waals surface area contributed by atoms with Crippen LogP contribution in [0.2, 0.25) is 0 Å². The highest BCUT2D eigenvalue weighted by atomic mass is 79.9. The number of carbonyl (C=O) groups excluding carboxylic acids is 1. The second-order valence-electron chi connectivity index (χ2n) is 34.2. The summed E-state index contributed by atoms with van der Waals surface area (Å²) in [7, 11) is 0. The first-order valence-electron chi connectivity index (χ1n) is 34.5. The van der Waals surface area contributed by atoms with Gasteiger partial charge in [0.1, 0.15) is 17.4 Å². The van der Waals surface area contributed by atoms with Gasteiger partial charge < -0.3 is 4.74 Å². The summed E-state index contributed by atoms with van der Waals surface area (Å²) in [6.45, 7) is 49.5. The first-order valence-corrected chi connectivity index (χ1v) is 35.3. The monoisotopic (exact) mass is 1290 g/mol. The molecule has 0 aromatic heterocycles. The molecule has 6 aliphatic rings. The molecule has 6 aliphatic carbocycles. The lowest BCUT2D eigenvalue weighted by Gasteiger charge is -2.34. The van der Waals surface area contributed by atoms with Gasteiger partial charge in [-0.15, -0.1) is 0 Å². The largest absolute Gasteiger partial charge is 0.375 e. The van der Waals surface area contributed by atoms with Crippen molar-refractivity contribution in [3.63, 3.8) is 0 Å². The molecular formula is C85H117BrF2O2. The lowest BCUT2D eigenvalue weighted by atomic mass is 9.72. The fourth-order valence-electron chi connectivity index (χ4n) is 16.8. The summed E-state index contributed by atoms with van der Waals surface area (Å²) in [5.74, 6) is 4.61. The fraction of sp³-hybridized carbons (Fsp3) is 0.565. The lowest BCUT2D eigenvalue weighted by Crippen LogP contribution is -2.30. The van der Waals surface area contributed by atoms with Crippen molar-refractivity contribution in [1.29, 1.82) is 0 Å². The molecule has 0 spiro atoms. The van der Waals surface area contributed by atoms with E-state index in [0.29, 0.717) is 57.9 Å². The predicted molar refractivity (Wildman–Crippen MR) is 383 cm³/mol. The maximum atomic E-state index is 13.7. The molecule has 90 heavy (non-hydrogen) atoms. The zero-order chi connectivity index (χ0) is 66.6. The molecule has 6 aromatic rings. The van der Waals surface area contributed by atoms with E-state index in [0.717, 1.165) is 55.4 Å². The van der Waals surface area contributed by atoms with Crippen LogP contribution in [0.5, 0.6) is 0 Å². The lowest BCUT2D eigenvalue weighted by molar-refractivity contribution is -0.122. The Labute approximate surface area is 555 Å². The number of aryl methyl sites for hydroxylation is 3. The Kier molecular flexibility index (Phi) is 23.7. The molecule has 0 N–H and O–H groups in total. The SMILES string of the molecule is CC(=O)[C@H]1Cc2ccccc2[C@H]1C(C)(C)C.CC(C)(C)[C@H]1CCc2cc(Br)ccc21.CC(C)(C)[C@H]1CCc2cc(F)ccc21.CC(C)(C)[C@H]1CCc2cccc(F)c21.CC(C)O[C@H]1Cc2ccccc2[C@H]1C(C)(C)C.CC[C@H]1Cc2ccccc2[C@H]1C(C)(C)C. The molecule has 12 rings (SSSR count). The van der Waals surface area contributed by atoms with E-state index in [9.17, 15) is 13.6 Å². The van der Waals surface area contributed by atoms with Gasteiger partial charge in [-0.3, -0.25) is 4.79 Å². The summed E-state index contributed by atoms with van der Waals surface area (Å²) in [4.78, 5) is 11.8. The highest BCUT2D eigenvalue weighted by Gasteiger charge is 2.44. The molecule has 0 bridgehead atoms. The fourth-order valence-corrected chi connectivity index (χ4v) is 17.2. The van der Waals surface area contributed by atoms with E-state index >= 15 is 0 Å². The minimum absolute atomic E-state index is 0.0140. The Bertz CT molecular complexity index is 3270. The number of Topliss-reactive ketones (excluding diaryl/α,β-unsaturated/α-hetero) is 1. The summed E-state index contributed by atoms with van der Waals surface area (Å²) in [5.41, 5.74) is 18.5. The molecule has 5 heteroatoms. The molecule has 0 saturated heterocycles. The predicted octanol–water partition coefficient (Wildman–Crippen LogP) is 24.5. The van der Waals surface area contributed by atoms with Gasteiger partial charge in [0, 0.05) is 16.3 Å². The summed E-state index contributed by atoms with van der Waals surface area (Å²) < 4.78 is 34.0. The van der Waals surface area contributed by atoms with Gasteiger partial charge in [-0.05, 0) is 244 Å². The van der Waals surface area contributed by atoms with Gasteiger partial charge in [0.25, 0.3) is 0 Å². The van der Waals surface area contributed by atoms with Crippen molar-refractivity contribution in [2.45, 2.75) is 264 Å². The topological polar surface area (TPSA) is 26.3 Å². The van der Waals surface area contributed by atoms with E-state index in [1.807, 2.05) is 12.1 Å². The van der Waals surface area contributed by atoms with E-state index in [-0.39, 0.29) is 33.8 Å². The number of rotatable bonds is 4. The van der Waals surface area contributed by atoms with Crippen LogP contribution in [0.25, 0.3) is 0 Å². The van der Waals surface area contributed by atoms with Crippen molar-refractivity contribution in [2.24, 2.45) is 44.3 Å². The number of fused-ring (bicyclic) bond motifs is 6. The minimum Gasteiger partial charge on any atom is -0.375 e. The van der Waals surface area contributed by atoms with E-state index in [4.69, 9.17) is 4.74 Å². The maximum Gasteiger partial charge on any atom is 0.133 e. The van der Waals surface area contributed by atoms with Crippen LogP contribution in [-0.2, 0) is 48.1 Å². The normalized spacial score (nSPS) is 22.9. The average Bonchev–Trinajstić information content (AvgIpc) is 1.79. The Hall–Kier alpha value is -4.71. The van der Waals surface area contributed by atoms with Crippen molar-refractivity contribution < 1.29 is 18.3 Å². The second-order valence-corrected chi connectivity index (χ2v) is 35.1. The summed E-state index contributed by atoms with van der Waals surface area (Å²) in [6, 6.07) is 43.8. The third-order valence-corrected chi connectivity index (χ3v) is 21.2. The number of hydrogen-bond donors (Lipinski definition) is 0. The van der Waals surface area contributed by atoms with Crippen LogP contribution in [0, 0.1) is 56.0 Å². The van der Waals surface area contributed by atoms with Crippen molar-refractivity contribution in [3.8, 4) is 0 Å². The Morgan fingerprint density at radius 3 is 1.37 bits per heavy atom. The standard InChI is InChI=1S/C16H24O.C15H20O.C15H22.C13H17Br.2C13H17F/c1-11(2)17-14-10-12-8-6-7-9-13(12)15(14)16(3,4)5;1-10(16)13-9-11-7-5-6-8-12(11)14(13)15(2,3)4;1-5-11-10-12-8-6-7-9-13(12)14(11)15(2,3)4;2*1-13(2,3)12-7-4-9-8-10(14)5-6-11(9)12;1-13(2,3)10-8-7-9-5-4-6-11(14)12(9)10/h6-9,11,14-15H,10H2,1-5H3;5-8,13-14H,9H2,1-4H3;6-9,11,14H,5,10H2,1-4H3;2*5-6,8,12H,4,7H2,1-3H3;4-6,10H,7-8H2,1-3H3/t14-,15+;13-,14-;11-,14-;2*12-;10-/m010000/s1. The Morgan fingerprint density at radius 2 is 0.889 bits per heavy atom. The Morgan fingerprint density at radius 1 is 0.467 bits per heavy atom. The van der Waals surface area contributed by atoms with Crippen molar-refractivity contribution >= 4 is 21.7 Å². The summed E-state index contributed by atoms with van der Waals surface area (Å²) >= 11 is 3.54. The van der Waals surface area contributed by atoms with Gasteiger partial charge in [0.2, 0.25) is 0 Å². The first kappa shape index (κ1) is 72.7. The van der Waals surface area contributed by atoms with Gasteiger partial charge in [-0.2, -0.15) is 0 Å².